The van der Waals surface area contributed by atoms with Gasteiger partial charge in [0, 0.05) is 4.90 Å². The van der Waals surface area contributed by atoms with E-state index in [1.165, 1.54) is 10.5 Å². The van der Waals surface area contributed by atoms with Gasteiger partial charge in [0.2, 0.25) is 0 Å². The maximum absolute atomic E-state index is 11.4. The van der Waals surface area contributed by atoms with Crippen LogP contribution in [0.15, 0.2) is 46.9 Å². The lowest BCUT2D eigenvalue weighted by atomic mass is 9.72. The van der Waals surface area contributed by atoms with Crippen molar-refractivity contribution in [2.45, 2.75) is 54.8 Å². The lowest BCUT2D eigenvalue weighted by Crippen LogP contribution is -2.50. The molecule has 19 heavy (non-hydrogen) atoms. The fraction of sp³-hybridized carbons (Fsp3) is 0.529. The zero-order valence-electron chi connectivity index (χ0n) is 11.7. The Morgan fingerprint density at radius 3 is 2.47 bits per heavy atom. The first kappa shape index (κ1) is 13.3. The van der Waals surface area contributed by atoms with Gasteiger partial charge < -0.3 is 5.11 Å². The Hall–Kier alpha value is -0.730. The first-order valence-electron chi connectivity index (χ1n) is 7.22. The Labute approximate surface area is 120 Å². The number of hydrogen-bond acceptors (Lipinski definition) is 2. The van der Waals surface area contributed by atoms with E-state index in [2.05, 4.69) is 44.2 Å². The predicted octanol–water partition coefficient (Wildman–Crippen LogP) is 4.42. The second-order valence-corrected chi connectivity index (χ2v) is 7.50. The maximum Gasteiger partial charge on any atom is 0.103 e. The molecule has 1 aromatic rings. The first-order valence-corrected chi connectivity index (χ1v) is 8.04. The van der Waals surface area contributed by atoms with Gasteiger partial charge in [0.1, 0.15) is 5.60 Å². The first-order chi connectivity index (χ1) is 9.08. The van der Waals surface area contributed by atoms with Gasteiger partial charge in [-0.3, -0.25) is 0 Å². The van der Waals surface area contributed by atoms with Crippen molar-refractivity contribution in [3.8, 4) is 0 Å². The highest BCUT2D eigenvalue weighted by Crippen LogP contribution is 2.63. The maximum atomic E-state index is 11.4. The molecular weight excluding hydrogens is 252 g/mol. The highest BCUT2D eigenvalue weighted by atomic mass is 32.2. The molecule has 0 spiro atoms. The molecule has 0 aliphatic heterocycles. The van der Waals surface area contributed by atoms with Gasteiger partial charge in [0.15, 0.2) is 0 Å². The Kier molecular flexibility index (Phi) is 3.26. The fourth-order valence-corrected chi connectivity index (χ4v) is 5.07. The van der Waals surface area contributed by atoms with Crippen LogP contribution in [0.5, 0.6) is 0 Å². The number of thioether (sulfide) groups is 1. The molecule has 0 bridgehead atoms. The van der Waals surface area contributed by atoms with Crippen LogP contribution in [-0.4, -0.2) is 15.5 Å². The van der Waals surface area contributed by atoms with Crippen LogP contribution in [0, 0.1) is 5.92 Å². The van der Waals surface area contributed by atoms with Crippen LogP contribution in [0.2, 0.25) is 0 Å². The molecule has 0 heterocycles. The van der Waals surface area contributed by atoms with E-state index < -0.39 is 5.60 Å². The van der Waals surface area contributed by atoms with Gasteiger partial charge in [-0.1, -0.05) is 31.2 Å². The van der Waals surface area contributed by atoms with E-state index in [9.17, 15) is 5.11 Å². The molecule has 1 nitrogen and oxygen atoms in total. The molecule has 1 fully saturated rings. The van der Waals surface area contributed by atoms with E-state index in [4.69, 9.17) is 0 Å². The lowest BCUT2D eigenvalue weighted by Gasteiger charge is -2.44. The average Bonchev–Trinajstić information content (AvgIpc) is 3.18. The van der Waals surface area contributed by atoms with Crippen molar-refractivity contribution < 1.29 is 5.11 Å². The van der Waals surface area contributed by atoms with E-state index >= 15 is 0 Å². The molecule has 0 radical (unpaired) electrons. The number of hydrogen-bond donors (Lipinski definition) is 1. The van der Waals surface area contributed by atoms with Gasteiger partial charge in [0.05, 0.1) is 4.75 Å². The summed E-state index contributed by atoms with van der Waals surface area (Å²) in [5, 5.41) is 11.4. The summed E-state index contributed by atoms with van der Waals surface area (Å²) < 4.78 is 0.00870. The predicted molar refractivity (Wildman–Crippen MR) is 81.4 cm³/mol. The molecule has 0 saturated heterocycles. The normalized spacial score (nSPS) is 32.8. The van der Waals surface area contributed by atoms with Crippen molar-refractivity contribution >= 4 is 11.8 Å². The summed E-state index contributed by atoms with van der Waals surface area (Å²) in [6, 6.07) is 10.5. The summed E-state index contributed by atoms with van der Waals surface area (Å²) in [7, 11) is 0. The van der Waals surface area contributed by atoms with Gasteiger partial charge in [-0.15, -0.1) is 11.8 Å². The molecule has 2 heteroatoms. The average molecular weight is 274 g/mol. The molecular formula is C17H22OS. The van der Waals surface area contributed by atoms with Crippen molar-refractivity contribution in [2.75, 3.05) is 0 Å². The highest BCUT2D eigenvalue weighted by Gasteiger charge is 2.62. The third kappa shape index (κ3) is 2.05. The molecule has 0 amide bonds. The van der Waals surface area contributed by atoms with Gasteiger partial charge >= 0.3 is 0 Å². The van der Waals surface area contributed by atoms with Gasteiger partial charge in [-0.25, -0.2) is 0 Å². The second-order valence-electron chi connectivity index (χ2n) is 6.04. The molecule has 1 N–H and O–H groups in total. The topological polar surface area (TPSA) is 20.2 Å². The van der Waals surface area contributed by atoms with Crippen molar-refractivity contribution in [1.29, 1.82) is 0 Å². The molecule has 2 atom stereocenters. The Balaban J connectivity index is 1.92. The van der Waals surface area contributed by atoms with Crippen LogP contribution < -0.4 is 0 Å². The summed E-state index contributed by atoms with van der Waals surface area (Å²) in [6.45, 7) is 4.32. The lowest BCUT2D eigenvalue weighted by molar-refractivity contribution is 0.00565. The Bertz CT molecular complexity index is 489. The minimum Gasteiger partial charge on any atom is -0.384 e. The van der Waals surface area contributed by atoms with Crippen molar-refractivity contribution in [2.24, 2.45) is 5.92 Å². The van der Waals surface area contributed by atoms with E-state index in [1.807, 2.05) is 17.8 Å². The number of benzene rings is 1. The minimum atomic E-state index is -0.619. The zero-order valence-corrected chi connectivity index (χ0v) is 12.5. The summed E-state index contributed by atoms with van der Waals surface area (Å²) in [6.07, 6.45) is 6.70. The number of aliphatic hydroxyl groups is 1. The Morgan fingerprint density at radius 1 is 1.21 bits per heavy atom. The molecule has 102 valence electrons. The third-order valence-electron chi connectivity index (χ3n) is 4.82. The van der Waals surface area contributed by atoms with Crippen LogP contribution in [0.3, 0.4) is 0 Å². The van der Waals surface area contributed by atoms with E-state index in [0.717, 1.165) is 25.7 Å². The summed E-state index contributed by atoms with van der Waals surface area (Å²) >= 11 is 1.88. The summed E-state index contributed by atoms with van der Waals surface area (Å²) in [5.74, 6) is 0.358. The van der Waals surface area contributed by atoms with Crippen molar-refractivity contribution in [3.63, 3.8) is 0 Å². The Morgan fingerprint density at radius 2 is 1.89 bits per heavy atom. The quantitative estimate of drug-likeness (QED) is 0.823. The van der Waals surface area contributed by atoms with Crippen molar-refractivity contribution in [3.05, 3.63) is 42.0 Å². The fourth-order valence-electron chi connectivity index (χ4n) is 3.50. The van der Waals surface area contributed by atoms with Gasteiger partial charge in [-0.2, -0.15) is 0 Å². The van der Waals surface area contributed by atoms with Crippen LogP contribution in [0.4, 0.5) is 0 Å². The molecule has 1 saturated carbocycles. The highest BCUT2D eigenvalue weighted by molar-refractivity contribution is 8.01. The standard InChI is InChI=1S/C17H22OS/c1-13-7-6-8-14(2)17(13,18)16(11-12-16)19-15-9-4-3-5-10-15/h3-5,7,9-10,14,18H,6,8,11-12H2,1-2H3. The number of rotatable bonds is 3. The smallest absolute Gasteiger partial charge is 0.103 e. The summed E-state index contributed by atoms with van der Waals surface area (Å²) in [4.78, 5) is 1.28. The molecule has 1 aromatic carbocycles. The van der Waals surface area contributed by atoms with Crippen LogP contribution in [0.25, 0.3) is 0 Å². The largest absolute Gasteiger partial charge is 0.384 e. The summed E-state index contributed by atoms with van der Waals surface area (Å²) in [5.41, 5.74) is 0.568. The monoisotopic (exact) mass is 274 g/mol. The third-order valence-corrected chi connectivity index (χ3v) is 6.44. The second kappa shape index (κ2) is 4.68. The van der Waals surface area contributed by atoms with E-state index in [0.29, 0.717) is 5.92 Å². The van der Waals surface area contributed by atoms with Gasteiger partial charge in [-0.05, 0) is 56.2 Å². The zero-order chi connectivity index (χ0) is 13.5. The van der Waals surface area contributed by atoms with Gasteiger partial charge in [0.25, 0.3) is 0 Å². The molecule has 0 aromatic heterocycles. The molecule has 3 rings (SSSR count). The minimum absolute atomic E-state index is 0.00870. The molecule has 2 aliphatic carbocycles. The number of allylic oxidation sites excluding steroid dienone is 1. The van der Waals surface area contributed by atoms with Crippen LogP contribution in [0.1, 0.15) is 39.5 Å². The molecule has 2 unspecified atom stereocenters. The van der Waals surface area contributed by atoms with E-state index in [-0.39, 0.29) is 4.75 Å². The van der Waals surface area contributed by atoms with E-state index in [1.54, 1.807) is 0 Å². The van der Waals surface area contributed by atoms with Crippen molar-refractivity contribution in [1.82, 2.24) is 0 Å². The van der Waals surface area contributed by atoms with Crippen LogP contribution in [-0.2, 0) is 0 Å². The van der Waals surface area contributed by atoms with Crippen LogP contribution >= 0.6 is 11.8 Å². The SMILES string of the molecule is CC1=CCCC(C)C1(O)C1(Sc2ccccc2)CC1. The molecule has 2 aliphatic rings.